The van der Waals surface area contributed by atoms with Crippen molar-refractivity contribution in [2.75, 3.05) is 6.54 Å². The van der Waals surface area contributed by atoms with E-state index < -0.39 is 0 Å². The van der Waals surface area contributed by atoms with Crippen LogP contribution in [-0.2, 0) is 6.54 Å². The maximum atomic E-state index is 4.44. The molecule has 0 saturated heterocycles. The Kier molecular flexibility index (Phi) is 3.69. The van der Waals surface area contributed by atoms with Gasteiger partial charge in [0.1, 0.15) is 0 Å². The van der Waals surface area contributed by atoms with Crippen LogP contribution in [0.2, 0.25) is 0 Å². The van der Waals surface area contributed by atoms with E-state index in [0.29, 0.717) is 0 Å². The zero-order valence-electron chi connectivity index (χ0n) is 11.5. The highest BCUT2D eigenvalue weighted by Crippen LogP contribution is 2.19. The monoisotopic (exact) mass is 267 g/mol. The minimum Gasteiger partial charge on any atom is -0.311 e. The van der Waals surface area contributed by atoms with E-state index in [1.807, 2.05) is 36.5 Å². The average molecular weight is 267 g/mol. The highest BCUT2D eigenvalue weighted by molar-refractivity contribution is 5.85. The van der Waals surface area contributed by atoms with Gasteiger partial charge in [-0.3, -0.25) is 4.98 Å². The Bertz CT molecular complexity index is 699. The molecule has 2 heterocycles. The molecular weight excluding hydrogens is 250 g/mol. The van der Waals surface area contributed by atoms with Crippen molar-refractivity contribution in [1.29, 1.82) is 0 Å². The Morgan fingerprint density at radius 3 is 3.00 bits per heavy atom. The third-order valence-corrected chi connectivity index (χ3v) is 3.13. The summed E-state index contributed by atoms with van der Waals surface area (Å²) in [5.74, 6) is 0. The number of nitrogens with zero attached hydrogens (tertiary/aromatic N) is 4. The fourth-order valence-electron chi connectivity index (χ4n) is 2.16. The molecule has 3 aromatic rings. The van der Waals surface area contributed by atoms with E-state index in [-0.39, 0.29) is 0 Å². The smallest absolute Gasteiger partial charge is 0.0969 e. The molecule has 3 rings (SSSR count). The molecule has 20 heavy (non-hydrogen) atoms. The maximum absolute atomic E-state index is 4.44. The van der Waals surface area contributed by atoms with Crippen molar-refractivity contribution in [1.82, 2.24) is 25.3 Å². The number of para-hydroxylation sites is 1. The van der Waals surface area contributed by atoms with Gasteiger partial charge in [0.25, 0.3) is 0 Å². The molecule has 0 atom stereocenters. The number of aromatic nitrogens is 4. The molecular formula is C15H17N5. The van der Waals surface area contributed by atoms with Crippen LogP contribution in [0.25, 0.3) is 16.6 Å². The Labute approximate surface area is 117 Å². The van der Waals surface area contributed by atoms with E-state index in [1.54, 1.807) is 10.9 Å². The molecule has 1 aromatic carbocycles. The molecule has 0 amide bonds. The van der Waals surface area contributed by atoms with Crippen molar-refractivity contribution < 1.29 is 0 Å². The van der Waals surface area contributed by atoms with Crippen LogP contribution >= 0.6 is 0 Å². The zero-order valence-corrected chi connectivity index (χ0v) is 11.5. The van der Waals surface area contributed by atoms with E-state index in [1.165, 1.54) is 0 Å². The molecule has 0 bridgehead atoms. The Hall–Kier alpha value is -2.27. The van der Waals surface area contributed by atoms with Gasteiger partial charge in [0.05, 0.1) is 23.1 Å². The standard InChI is InChI=1S/C15H17N5/c1-2-8-16-10-13-11-20(19-18-13)14-7-3-5-12-6-4-9-17-15(12)14/h3-7,9,11,16H,2,8,10H2,1H3. The van der Waals surface area contributed by atoms with Crippen LogP contribution in [0, 0.1) is 0 Å². The maximum Gasteiger partial charge on any atom is 0.0969 e. The molecule has 5 nitrogen and oxygen atoms in total. The molecule has 102 valence electrons. The summed E-state index contributed by atoms with van der Waals surface area (Å²) in [6.07, 6.45) is 4.86. The highest BCUT2D eigenvalue weighted by atomic mass is 15.4. The lowest BCUT2D eigenvalue weighted by molar-refractivity contribution is 0.662. The molecule has 0 aliphatic carbocycles. The summed E-state index contributed by atoms with van der Waals surface area (Å²) in [5, 5.41) is 12.8. The van der Waals surface area contributed by atoms with Crippen molar-refractivity contribution in [2.45, 2.75) is 19.9 Å². The van der Waals surface area contributed by atoms with Gasteiger partial charge < -0.3 is 5.32 Å². The predicted molar refractivity (Wildman–Crippen MR) is 78.7 cm³/mol. The lowest BCUT2D eigenvalue weighted by atomic mass is 10.2. The van der Waals surface area contributed by atoms with Crippen LogP contribution in [0.3, 0.4) is 0 Å². The topological polar surface area (TPSA) is 55.6 Å². The second-order valence-electron chi connectivity index (χ2n) is 4.68. The van der Waals surface area contributed by atoms with Crippen LogP contribution in [0.5, 0.6) is 0 Å². The molecule has 0 fully saturated rings. The third-order valence-electron chi connectivity index (χ3n) is 3.13. The third kappa shape index (κ3) is 2.53. The number of pyridine rings is 1. The summed E-state index contributed by atoms with van der Waals surface area (Å²) in [6.45, 7) is 3.88. The van der Waals surface area contributed by atoms with Gasteiger partial charge in [-0.25, -0.2) is 4.68 Å². The van der Waals surface area contributed by atoms with E-state index in [4.69, 9.17) is 0 Å². The Balaban J connectivity index is 1.91. The van der Waals surface area contributed by atoms with Crippen molar-refractivity contribution in [3.8, 4) is 5.69 Å². The summed E-state index contributed by atoms with van der Waals surface area (Å²) in [6, 6.07) is 10.1. The first-order chi connectivity index (χ1) is 9.88. The van der Waals surface area contributed by atoms with Gasteiger partial charge in [0, 0.05) is 18.1 Å². The van der Waals surface area contributed by atoms with Gasteiger partial charge in [-0.05, 0) is 25.1 Å². The highest BCUT2D eigenvalue weighted by Gasteiger charge is 2.06. The molecule has 0 spiro atoms. The number of nitrogens with one attached hydrogen (secondary N) is 1. The molecule has 1 N–H and O–H groups in total. The minimum atomic E-state index is 0.742. The lowest BCUT2D eigenvalue weighted by Gasteiger charge is -2.04. The van der Waals surface area contributed by atoms with Crippen LogP contribution in [-0.4, -0.2) is 26.5 Å². The Morgan fingerprint density at radius 1 is 1.20 bits per heavy atom. The predicted octanol–water partition coefficient (Wildman–Crippen LogP) is 2.32. The number of benzene rings is 1. The first kappa shape index (κ1) is 12.7. The summed E-state index contributed by atoms with van der Waals surface area (Å²) in [4.78, 5) is 4.44. The summed E-state index contributed by atoms with van der Waals surface area (Å²) in [5.41, 5.74) is 2.83. The fourth-order valence-corrected chi connectivity index (χ4v) is 2.16. The zero-order chi connectivity index (χ0) is 13.8. The van der Waals surface area contributed by atoms with Crippen LogP contribution in [0.1, 0.15) is 19.0 Å². The van der Waals surface area contributed by atoms with Crippen LogP contribution < -0.4 is 5.32 Å². The number of fused-ring (bicyclic) bond motifs is 1. The van der Waals surface area contributed by atoms with Crippen molar-refractivity contribution >= 4 is 10.9 Å². The van der Waals surface area contributed by atoms with Crippen molar-refractivity contribution in [2.24, 2.45) is 0 Å². The SMILES string of the molecule is CCCNCc1cn(-c2cccc3cccnc23)nn1. The van der Waals surface area contributed by atoms with E-state index in [9.17, 15) is 0 Å². The van der Waals surface area contributed by atoms with E-state index >= 15 is 0 Å². The number of rotatable bonds is 5. The van der Waals surface area contributed by atoms with Gasteiger partial charge in [-0.1, -0.05) is 30.3 Å². The van der Waals surface area contributed by atoms with Crippen LogP contribution in [0.4, 0.5) is 0 Å². The van der Waals surface area contributed by atoms with Crippen molar-refractivity contribution in [3.05, 3.63) is 48.4 Å². The van der Waals surface area contributed by atoms with Gasteiger partial charge in [-0.2, -0.15) is 0 Å². The minimum absolute atomic E-state index is 0.742. The molecule has 0 aliphatic heterocycles. The quantitative estimate of drug-likeness (QED) is 0.721. The summed E-state index contributed by atoms with van der Waals surface area (Å²) < 4.78 is 1.79. The molecule has 0 radical (unpaired) electrons. The Morgan fingerprint density at radius 2 is 2.10 bits per heavy atom. The molecule has 5 heteroatoms. The first-order valence-electron chi connectivity index (χ1n) is 6.84. The summed E-state index contributed by atoms with van der Waals surface area (Å²) in [7, 11) is 0. The number of hydrogen-bond acceptors (Lipinski definition) is 4. The van der Waals surface area contributed by atoms with Gasteiger partial charge >= 0.3 is 0 Å². The average Bonchev–Trinajstić information content (AvgIpc) is 2.96. The largest absolute Gasteiger partial charge is 0.311 e. The van der Waals surface area contributed by atoms with E-state index in [2.05, 4.69) is 27.5 Å². The normalized spacial score (nSPS) is 11.1. The molecule has 0 saturated carbocycles. The van der Waals surface area contributed by atoms with Crippen molar-refractivity contribution in [3.63, 3.8) is 0 Å². The van der Waals surface area contributed by atoms with Gasteiger partial charge in [0.15, 0.2) is 0 Å². The number of hydrogen-bond donors (Lipinski definition) is 1. The van der Waals surface area contributed by atoms with E-state index in [0.717, 1.165) is 41.8 Å². The summed E-state index contributed by atoms with van der Waals surface area (Å²) >= 11 is 0. The van der Waals surface area contributed by atoms with Crippen LogP contribution in [0.15, 0.2) is 42.7 Å². The van der Waals surface area contributed by atoms with Gasteiger partial charge in [0.2, 0.25) is 0 Å². The molecule has 2 aromatic heterocycles. The molecule has 0 unspecified atom stereocenters. The second kappa shape index (κ2) is 5.79. The lowest BCUT2D eigenvalue weighted by Crippen LogP contribution is -2.13. The fraction of sp³-hybridized carbons (Fsp3) is 0.267. The second-order valence-corrected chi connectivity index (χ2v) is 4.68. The first-order valence-corrected chi connectivity index (χ1v) is 6.84. The van der Waals surface area contributed by atoms with Gasteiger partial charge in [-0.15, -0.1) is 5.10 Å². The molecule has 0 aliphatic rings.